The van der Waals surface area contributed by atoms with E-state index in [1.807, 2.05) is 30.5 Å². The van der Waals surface area contributed by atoms with Crippen LogP contribution in [-0.2, 0) is 0 Å². The van der Waals surface area contributed by atoms with Crippen LogP contribution in [0.4, 0.5) is 8.78 Å². The molecular formula is C23H17ClF2N4. The largest absolute Gasteiger partial charge is 0.298 e. The summed E-state index contributed by atoms with van der Waals surface area (Å²) in [5, 5.41) is -0.143. The maximum Gasteiger partial charge on any atom is 0.144 e. The van der Waals surface area contributed by atoms with Crippen LogP contribution in [0.2, 0.25) is 5.02 Å². The second kappa shape index (κ2) is 7.38. The molecule has 2 aliphatic heterocycles. The summed E-state index contributed by atoms with van der Waals surface area (Å²) in [6.45, 7) is 2.19. The van der Waals surface area contributed by atoms with Crippen LogP contribution in [0.3, 0.4) is 0 Å². The molecule has 0 bridgehead atoms. The Balaban J connectivity index is 1.54. The summed E-state index contributed by atoms with van der Waals surface area (Å²) in [6.07, 6.45) is 5.94. The molecule has 0 saturated heterocycles. The van der Waals surface area contributed by atoms with Gasteiger partial charge in [-0.25, -0.2) is 13.8 Å². The van der Waals surface area contributed by atoms with Gasteiger partial charge in [-0.2, -0.15) is 0 Å². The molecule has 1 aromatic carbocycles. The molecule has 2 aliphatic rings. The van der Waals surface area contributed by atoms with E-state index in [1.165, 1.54) is 11.6 Å². The lowest BCUT2D eigenvalue weighted by Gasteiger charge is -2.11. The molecule has 5 rings (SSSR count). The van der Waals surface area contributed by atoms with Gasteiger partial charge in [-0.3, -0.25) is 14.9 Å². The first-order valence-electron chi connectivity index (χ1n) is 9.54. The van der Waals surface area contributed by atoms with Gasteiger partial charge in [-0.1, -0.05) is 23.8 Å². The molecule has 3 aromatic rings. The topological polar surface area (TPSA) is 41.4 Å². The fourth-order valence-corrected chi connectivity index (χ4v) is 3.96. The highest BCUT2D eigenvalue weighted by Gasteiger charge is 2.22. The number of hydrogen-bond donors (Lipinski definition) is 0. The lowest BCUT2D eigenvalue weighted by atomic mass is 9.99. The average molecular weight is 423 g/mol. The maximum absolute atomic E-state index is 14.4. The number of halogens is 3. The van der Waals surface area contributed by atoms with Gasteiger partial charge in [0.1, 0.15) is 11.6 Å². The fourth-order valence-electron chi connectivity index (χ4n) is 3.80. The third kappa shape index (κ3) is 3.32. The molecule has 150 valence electrons. The lowest BCUT2D eigenvalue weighted by molar-refractivity contribution is 0.438. The molecule has 0 amide bonds. The van der Waals surface area contributed by atoms with Crippen molar-refractivity contribution in [1.29, 1.82) is 0 Å². The van der Waals surface area contributed by atoms with E-state index in [-0.39, 0.29) is 10.6 Å². The molecular weight excluding hydrogens is 406 g/mol. The van der Waals surface area contributed by atoms with Crippen molar-refractivity contribution in [3.63, 3.8) is 0 Å². The summed E-state index contributed by atoms with van der Waals surface area (Å²) < 4.78 is 28.0. The molecule has 0 saturated carbocycles. The SMILES string of the molecule is CN1CC=C(c2cnc3ccc(C4=CCN=C4c4cc(Cl)c(F)cc4F)nc3c2)C1. The zero-order valence-electron chi connectivity index (χ0n) is 16.2. The van der Waals surface area contributed by atoms with Gasteiger partial charge < -0.3 is 0 Å². The monoisotopic (exact) mass is 422 g/mol. The van der Waals surface area contributed by atoms with E-state index >= 15 is 0 Å². The number of rotatable bonds is 3. The van der Waals surface area contributed by atoms with Crippen LogP contribution in [0.15, 0.2) is 53.7 Å². The van der Waals surface area contributed by atoms with E-state index in [0.717, 1.165) is 35.8 Å². The Bertz CT molecular complexity index is 1280. The molecule has 0 aliphatic carbocycles. The average Bonchev–Trinajstić information content (AvgIpc) is 3.39. The highest BCUT2D eigenvalue weighted by Crippen LogP contribution is 2.29. The molecule has 0 unspecified atom stereocenters. The number of hydrogen-bond acceptors (Lipinski definition) is 4. The number of aromatic nitrogens is 2. The standard InChI is InChI=1S/C23H17ClF2N4/c1-30-7-5-13(12-30)14-8-22-21(28-11-14)3-2-20(29-22)15-4-6-27-23(15)16-9-17(24)19(26)10-18(16)25/h2-5,8-11H,6-7,12H2,1H3. The zero-order chi connectivity index (χ0) is 20.8. The third-order valence-electron chi connectivity index (χ3n) is 5.34. The minimum atomic E-state index is -0.795. The Kier molecular flexibility index (Phi) is 4.68. The van der Waals surface area contributed by atoms with Crippen molar-refractivity contribution in [2.45, 2.75) is 0 Å². The van der Waals surface area contributed by atoms with Crippen LogP contribution in [0.25, 0.3) is 22.2 Å². The second-order valence-corrected chi connectivity index (χ2v) is 7.85. The molecule has 0 fully saturated rings. The Hall–Kier alpha value is -2.96. The van der Waals surface area contributed by atoms with Gasteiger partial charge in [0.05, 0.1) is 34.0 Å². The predicted molar refractivity (Wildman–Crippen MR) is 116 cm³/mol. The predicted octanol–water partition coefficient (Wildman–Crippen LogP) is 4.78. The molecule has 0 atom stereocenters. The Morgan fingerprint density at radius 3 is 2.70 bits per heavy atom. The third-order valence-corrected chi connectivity index (χ3v) is 5.63. The Morgan fingerprint density at radius 1 is 1.03 bits per heavy atom. The molecule has 4 heterocycles. The molecule has 4 nitrogen and oxygen atoms in total. The highest BCUT2D eigenvalue weighted by molar-refractivity contribution is 6.35. The van der Waals surface area contributed by atoms with Gasteiger partial charge in [0.2, 0.25) is 0 Å². The van der Waals surface area contributed by atoms with Crippen LogP contribution in [0.5, 0.6) is 0 Å². The van der Waals surface area contributed by atoms with Crippen molar-refractivity contribution >= 4 is 39.5 Å². The quantitative estimate of drug-likeness (QED) is 0.570. The van der Waals surface area contributed by atoms with Gasteiger partial charge in [0, 0.05) is 36.5 Å². The van der Waals surface area contributed by atoms with Crippen LogP contribution < -0.4 is 0 Å². The summed E-state index contributed by atoms with van der Waals surface area (Å²) in [5.74, 6) is -1.50. The number of aliphatic imine (C=N–C) groups is 1. The number of likely N-dealkylation sites (N-methyl/N-ethyl adjacent to an activating group) is 1. The Labute approximate surface area is 177 Å². The smallest absolute Gasteiger partial charge is 0.144 e. The first-order valence-corrected chi connectivity index (χ1v) is 9.92. The normalized spacial score (nSPS) is 16.7. The van der Waals surface area contributed by atoms with E-state index in [1.54, 1.807) is 0 Å². The molecule has 0 radical (unpaired) electrons. The number of allylic oxidation sites excluding steroid dienone is 1. The highest BCUT2D eigenvalue weighted by atomic mass is 35.5. The zero-order valence-corrected chi connectivity index (χ0v) is 16.9. The van der Waals surface area contributed by atoms with E-state index in [0.29, 0.717) is 23.5 Å². The van der Waals surface area contributed by atoms with Crippen molar-refractivity contribution < 1.29 is 8.78 Å². The van der Waals surface area contributed by atoms with E-state index in [9.17, 15) is 8.78 Å². The van der Waals surface area contributed by atoms with Crippen LogP contribution >= 0.6 is 11.6 Å². The molecule has 0 spiro atoms. The summed E-state index contributed by atoms with van der Waals surface area (Å²) in [5.41, 5.74) is 5.75. The summed E-state index contributed by atoms with van der Waals surface area (Å²) in [4.78, 5) is 15.9. The first kappa shape index (κ1) is 19.0. The van der Waals surface area contributed by atoms with Crippen molar-refractivity contribution in [3.05, 3.63) is 82.2 Å². The molecule has 30 heavy (non-hydrogen) atoms. The van der Waals surface area contributed by atoms with Gasteiger partial charge in [-0.05, 0) is 42.4 Å². The summed E-state index contributed by atoms with van der Waals surface area (Å²) in [6, 6.07) is 7.81. The number of fused-ring (bicyclic) bond motifs is 1. The fraction of sp³-hybridized carbons (Fsp3) is 0.174. The molecule has 7 heteroatoms. The number of pyridine rings is 2. The van der Waals surface area contributed by atoms with Crippen molar-refractivity contribution in [3.8, 4) is 0 Å². The van der Waals surface area contributed by atoms with E-state index in [2.05, 4.69) is 28.0 Å². The van der Waals surface area contributed by atoms with Gasteiger partial charge in [0.25, 0.3) is 0 Å². The lowest BCUT2D eigenvalue weighted by Crippen LogP contribution is -2.13. The van der Waals surface area contributed by atoms with Crippen LogP contribution in [0.1, 0.15) is 16.8 Å². The second-order valence-electron chi connectivity index (χ2n) is 7.44. The molecule has 2 aromatic heterocycles. The molecule has 0 N–H and O–H groups in total. The van der Waals surface area contributed by atoms with Crippen LogP contribution in [0, 0.1) is 11.6 Å². The van der Waals surface area contributed by atoms with E-state index < -0.39 is 11.6 Å². The van der Waals surface area contributed by atoms with Crippen molar-refractivity contribution in [2.24, 2.45) is 4.99 Å². The van der Waals surface area contributed by atoms with Crippen molar-refractivity contribution in [1.82, 2.24) is 14.9 Å². The van der Waals surface area contributed by atoms with Crippen LogP contribution in [-0.4, -0.2) is 47.3 Å². The number of benzene rings is 1. The van der Waals surface area contributed by atoms with Gasteiger partial charge in [-0.15, -0.1) is 0 Å². The first-order chi connectivity index (χ1) is 14.5. The maximum atomic E-state index is 14.4. The van der Waals surface area contributed by atoms with Crippen molar-refractivity contribution in [2.75, 3.05) is 26.7 Å². The van der Waals surface area contributed by atoms with Gasteiger partial charge in [0.15, 0.2) is 0 Å². The summed E-state index contributed by atoms with van der Waals surface area (Å²) in [7, 11) is 2.07. The minimum absolute atomic E-state index is 0.143. The van der Waals surface area contributed by atoms with Gasteiger partial charge >= 0.3 is 0 Å². The van der Waals surface area contributed by atoms with E-state index in [4.69, 9.17) is 16.6 Å². The Morgan fingerprint density at radius 2 is 1.90 bits per heavy atom. The number of nitrogens with zero attached hydrogens (tertiary/aromatic N) is 4. The minimum Gasteiger partial charge on any atom is -0.298 e. The summed E-state index contributed by atoms with van der Waals surface area (Å²) >= 11 is 5.88.